The molecule has 2 bridgehead atoms. The first-order valence-electron chi connectivity index (χ1n) is 6.87. The molecular formula is C13H22BClO2. The molecule has 4 atom stereocenters. The Morgan fingerprint density at radius 1 is 1.29 bits per heavy atom. The third-order valence-corrected chi connectivity index (χ3v) is 5.84. The lowest BCUT2D eigenvalue weighted by Gasteiger charge is -2.64. The highest BCUT2D eigenvalue weighted by Crippen LogP contribution is 2.65. The lowest BCUT2D eigenvalue weighted by atomic mass is 9.43. The number of alkyl halides is 1. The second kappa shape index (κ2) is 3.88. The van der Waals surface area contributed by atoms with Crippen molar-refractivity contribution in [3.63, 3.8) is 0 Å². The van der Waals surface area contributed by atoms with Gasteiger partial charge in [0.15, 0.2) is 0 Å². The lowest BCUT2D eigenvalue weighted by molar-refractivity contribution is -0.199. The van der Waals surface area contributed by atoms with Crippen molar-refractivity contribution in [1.29, 1.82) is 0 Å². The van der Waals surface area contributed by atoms with Gasteiger partial charge in [0.25, 0.3) is 0 Å². The summed E-state index contributed by atoms with van der Waals surface area (Å²) in [6.45, 7) is 7.05. The average molecular weight is 257 g/mol. The van der Waals surface area contributed by atoms with Gasteiger partial charge in [-0.05, 0) is 49.8 Å². The third-order valence-electron chi connectivity index (χ3n) is 5.58. The van der Waals surface area contributed by atoms with Crippen LogP contribution in [0.4, 0.5) is 0 Å². The summed E-state index contributed by atoms with van der Waals surface area (Å²) in [6.07, 6.45) is 4.74. The predicted octanol–water partition coefficient (Wildman–Crippen LogP) is 3.34. The van der Waals surface area contributed by atoms with Crippen LogP contribution in [0.25, 0.3) is 0 Å². The highest BCUT2D eigenvalue weighted by atomic mass is 35.5. The predicted molar refractivity (Wildman–Crippen MR) is 70.3 cm³/mol. The molecule has 0 radical (unpaired) electrons. The minimum absolute atomic E-state index is 0.0149. The molecule has 4 heteroatoms. The van der Waals surface area contributed by atoms with Gasteiger partial charge in [0.05, 0.1) is 11.7 Å². The largest absolute Gasteiger partial charge is 0.457 e. The summed E-state index contributed by atoms with van der Waals surface area (Å²) < 4.78 is 12.3. The molecule has 0 N–H and O–H groups in total. The Kier molecular flexibility index (Phi) is 2.81. The van der Waals surface area contributed by atoms with Gasteiger partial charge < -0.3 is 9.31 Å². The minimum atomic E-state index is -0.0464. The number of hydrogen-bond acceptors (Lipinski definition) is 2. The minimum Gasteiger partial charge on any atom is -0.405 e. The first-order valence-corrected chi connectivity index (χ1v) is 7.41. The second-order valence-corrected chi connectivity index (χ2v) is 7.11. The SMILES string of the molecule is CC1(C)[C@@H]2CC3OB(CCCCl)O[C@@]3(C)[C@H]1C2. The normalized spacial score (nSPS) is 46.6. The van der Waals surface area contributed by atoms with Crippen LogP contribution < -0.4 is 0 Å². The van der Waals surface area contributed by atoms with Crippen molar-refractivity contribution in [2.45, 2.75) is 58.1 Å². The van der Waals surface area contributed by atoms with Crippen LogP contribution >= 0.6 is 11.6 Å². The van der Waals surface area contributed by atoms with Gasteiger partial charge >= 0.3 is 7.12 Å². The van der Waals surface area contributed by atoms with Crippen molar-refractivity contribution in [1.82, 2.24) is 0 Å². The van der Waals surface area contributed by atoms with Crippen LogP contribution in [0.1, 0.15) is 40.0 Å². The van der Waals surface area contributed by atoms with Crippen LogP contribution in [0.15, 0.2) is 0 Å². The fourth-order valence-corrected chi connectivity index (χ4v) is 4.47. The summed E-state index contributed by atoms with van der Waals surface area (Å²) in [6, 6.07) is 0. The highest BCUT2D eigenvalue weighted by Gasteiger charge is 2.67. The fourth-order valence-electron chi connectivity index (χ4n) is 4.32. The molecule has 1 unspecified atom stereocenters. The zero-order valence-corrected chi connectivity index (χ0v) is 11.8. The zero-order valence-electron chi connectivity index (χ0n) is 11.0. The second-order valence-electron chi connectivity index (χ2n) is 6.73. The van der Waals surface area contributed by atoms with Crippen LogP contribution in [0.3, 0.4) is 0 Å². The van der Waals surface area contributed by atoms with Crippen molar-refractivity contribution in [3.8, 4) is 0 Å². The molecular weight excluding hydrogens is 234 g/mol. The van der Waals surface area contributed by atoms with Gasteiger partial charge in [0.2, 0.25) is 0 Å². The summed E-state index contributed by atoms with van der Waals surface area (Å²) >= 11 is 5.74. The molecule has 4 aliphatic rings. The van der Waals surface area contributed by atoms with Gasteiger partial charge in [-0.25, -0.2) is 0 Å². The van der Waals surface area contributed by atoms with Gasteiger partial charge in [-0.3, -0.25) is 0 Å². The molecule has 1 heterocycles. The van der Waals surface area contributed by atoms with E-state index >= 15 is 0 Å². The topological polar surface area (TPSA) is 18.5 Å². The molecule has 0 amide bonds. The van der Waals surface area contributed by atoms with Crippen LogP contribution in [-0.4, -0.2) is 24.7 Å². The summed E-state index contributed by atoms with van der Waals surface area (Å²) in [7, 11) is -0.0149. The van der Waals surface area contributed by atoms with E-state index in [2.05, 4.69) is 20.8 Å². The number of halogens is 1. The molecule has 4 rings (SSSR count). The zero-order chi connectivity index (χ0) is 12.3. The van der Waals surface area contributed by atoms with Gasteiger partial charge in [0, 0.05) is 5.88 Å². The molecule has 2 nitrogen and oxygen atoms in total. The molecule has 96 valence electrons. The lowest BCUT2D eigenvalue weighted by Crippen LogP contribution is -2.65. The smallest absolute Gasteiger partial charge is 0.405 e. The molecule has 3 saturated carbocycles. The van der Waals surface area contributed by atoms with Crippen molar-refractivity contribution >= 4 is 18.7 Å². The van der Waals surface area contributed by atoms with E-state index in [1.807, 2.05) is 0 Å². The van der Waals surface area contributed by atoms with Crippen LogP contribution in [0, 0.1) is 17.3 Å². The molecule has 0 aromatic heterocycles. The number of hydrogen-bond donors (Lipinski definition) is 0. The maximum absolute atomic E-state index is 6.26. The Hall–Kier alpha value is 0.275. The quantitative estimate of drug-likeness (QED) is 0.569. The van der Waals surface area contributed by atoms with Crippen LogP contribution in [-0.2, 0) is 9.31 Å². The molecule has 1 aliphatic heterocycles. The molecule has 0 spiro atoms. The first kappa shape index (κ1) is 12.3. The average Bonchev–Trinajstić information content (AvgIpc) is 2.61. The molecule has 0 aromatic rings. The monoisotopic (exact) mass is 256 g/mol. The molecule has 3 aliphatic carbocycles. The van der Waals surface area contributed by atoms with Gasteiger partial charge in [-0.2, -0.15) is 0 Å². The van der Waals surface area contributed by atoms with E-state index in [4.69, 9.17) is 20.9 Å². The maximum atomic E-state index is 6.26. The van der Waals surface area contributed by atoms with E-state index in [0.29, 0.717) is 23.3 Å². The van der Waals surface area contributed by atoms with Gasteiger partial charge in [0.1, 0.15) is 0 Å². The van der Waals surface area contributed by atoms with Crippen LogP contribution in [0.5, 0.6) is 0 Å². The standard InChI is InChI=1S/C13H22BClO2/c1-12(2)9-7-10(12)13(3)11(8-9)16-14(17-13)5-4-6-15/h9-11H,4-8H2,1-3H3/t9-,10-,11?,13-/m0/s1. The van der Waals surface area contributed by atoms with E-state index in [0.717, 1.165) is 18.7 Å². The first-order chi connectivity index (χ1) is 7.98. The fraction of sp³-hybridized carbons (Fsp3) is 1.00. The summed E-state index contributed by atoms with van der Waals surface area (Å²) in [5.74, 6) is 2.20. The summed E-state index contributed by atoms with van der Waals surface area (Å²) in [5, 5.41) is 0. The molecule has 0 aromatic carbocycles. The van der Waals surface area contributed by atoms with E-state index in [-0.39, 0.29) is 12.7 Å². The van der Waals surface area contributed by atoms with E-state index in [1.54, 1.807) is 0 Å². The van der Waals surface area contributed by atoms with Crippen molar-refractivity contribution in [2.75, 3.05) is 5.88 Å². The Labute approximate surface area is 110 Å². The number of rotatable bonds is 3. The van der Waals surface area contributed by atoms with Crippen LogP contribution in [0.2, 0.25) is 6.32 Å². The van der Waals surface area contributed by atoms with Crippen molar-refractivity contribution < 1.29 is 9.31 Å². The van der Waals surface area contributed by atoms with E-state index < -0.39 is 0 Å². The van der Waals surface area contributed by atoms with Gasteiger partial charge in [-0.15, -0.1) is 11.6 Å². The summed E-state index contributed by atoms with van der Waals surface area (Å²) in [5.41, 5.74) is 0.394. The third kappa shape index (κ3) is 1.62. The Balaban J connectivity index is 1.73. The Morgan fingerprint density at radius 3 is 2.71 bits per heavy atom. The summed E-state index contributed by atoms with van der Waals surface area (Å²) in [4.78, 5) is 0. The molecule has 1 saturated heterocycles. The maximum Gasteiger partial charge on any atom is 0.457 e. The Bertz CT molecular complexity index is 323. The molecule has 4 fully saturated rings. The Morgan fingerprint density at radius 2 is 2.06 bits per heavy atom. The highest BCUT2D eigenvalue weighted by molar-refractivity contribution is 6.45. The van der Waals surface area contributed by atoms with Crippen molar-refractivity contribution in [2.24, 2.45) is 17.3 Å². The van der Waals surface area contributed by atoms with E-state index in [1.165, 1.54) is 12.8 Å². The van der Waals surface area contributed by atoms with Gasteiger partial charge in [-0.1, -0.05) is 13.8 Å². The van der Waals surface area contributed by atoms with Crippen molar-refractivity contribution in [3.05, 3.63) is 0 Å². The molecule has 17 heavy (non-hydrogen) atoms. The van der Waals surface area contributed by atoms with E-state index in [9.17, 15) is 0 Å².